The van der Waals surface area contributed by atoms with Gasteiger partial charge in [0.1, 0.15) is 11.0 Å². The Morgan fingerprint density at radius 1 is 1.32 bits per heavy atom. The smallest absolute Gasteiger partial charge is 0.410 e. The Bertz CT molecular complexity index is 331. The zero-order valence-electron chi connectivity index (χ0n) is 12.0. The first-order valence-corrected chi connectivity index (χ1v) is 7.05. The van der Waals surface area contributed by atoms with Gasteiger partial charge in [0, 0.05) is 19.1 Å². The van der Waals surface area contributed by atoms with E-state index in [-0.39, 0.29) is 18.0 Å². The topological polar surface area (TPSA) is 58.6 Å². The standard InChI is InChI=1S/C13H23ClN2O3/c1-9(14)11(17)15-10-5-7-16(8-6-10)12(18)19-13(2,3)4/h9-10H,5-8H2,1-4H3,(H,15,17). The molecule has 0 bridgehead atoms. The number of alkyl halides is 1. The van der Waals surface area contributed by atoms with E-state index in [9.17, 15) is 9.59 Å². The molecule has 110 valence electrons. The molecule has 1 rings (SSSR count). The first-order chi connectivity index (χ1) is 8.69. The second-order valence-corrected chi connectivity index (χ2v) is 6.52. The fraction of sp³-hybridized carbons (Fsp3) is 0.846. The van der Waals surface area contributed by atoms with E-state index in [0.29, 0.717) is 13.1 Å². The third kappa shape index (κ3) is 5.68. The lowest BCUT2D eigenvalue weighted by Crippen LogP contribution is -2.48. The number of hydrogen-bond acceptors (Lipinski definition) is 3. The minimum Gasteiger partial charge on any atom is -0.444 e. The van der Waals surface area contributed by atoms with Crippen molar-refractivity contribution in [3.05, 3.63) is 0 Å². The van der Waals surface area contributed by atoms with Crippen molar-refractivity contribution >= 4 is 23.6 Å². The molecule has 1 N–H and O–H groups in total. The fourth-order valence-electron chi connectivity index (χ4n) is 1.85. The van der Waals surface area contributed by atoms with Crippen molar-refractivity contribution in [1.29, 1.82) is 0 Å². The van der Waals surface area contributed by atoms with Crippen LogP contribution >= 0.6 is 11.6 Å². The molecule has 1 atom stereocenters. The van der Waals surface area contributed by atoms with Gasteiger partial charge in [0.05, 0.1) is 0 Å². The van der Waals surface area contributed by atoms with Gasteiger partial charge in [0.2, 0.25) is 5.91 Å². The highest BCUT2D eigenvalue weighted by atomic mass is 35.5. The molecule has 0 saturated carbocycles. The zero-order valence-corrected chi connectivity index (χ0v) is 12.8. The molecule has 5 nitrogen and oxygen atoms in total. The summed E-state index contributed by atoms with van der Waals surface area (Å²) in [7, 11) is 0. The van der Waals surface area contributed by atoms with Gasteiger partial charge in [-0.05, 0) is 40.5 Å². The number of carbonyl (C=O) groups is 2. The molecule has 1 unspecified atom stereocenters. The molecule has 19 heavy (non-hydrogen) atoms. The number of nitrogens with one attached hydrogen (secondary N) is 1. The van der Waals surface area contributed by atoms with Crippen molar-refractivity contribution in [3.63, 3.8) is 0 Å². The Morgan fingerprint density at radius 2 is 1.84 bits per heavy atom. The average Bonchev–Trinajstić information content (AvgIpc) is 2.27. The van der Waals surface area contributed by atoms with Gasteiger partial charge in [-0.25, -0.2) is 4.79 Å². The third-order valence-electron chi connectivity index (χ3n) is 2.85. The summed E-state index contributed by atoms with van der Waals surface area (Å²) in [5.74, 6) is -0.155. The van der Waals surface area contributed by atoms with Crippen LogP contribution in [-0.4, -0.2) is 47.0 Å². The highest BCUT2D eigenvalue weighted by Gasteiger charge is 2.27. The van der Waals surface area contributed by atoms with Crippen LogP contribution in [0.1, 0.15) is 40.5 Å². The van der Waals surface area contributed by atoms with Gasteiger partial charge in [0.15, 0.2) is 0 Å². The average molecular weight is 291 g/mol. The number of piperidine rings is 1. The predicted octanol–water partition coefficient (Wildman–Crippen LogP) is 2.13. The molecule has 1 aliphatic heterocycles. The maximum absolute atomic E-state index is 11.8. The molecule has 0 aromatic carbocycles. The molecule has 0 aromatic rings. The van der Waals surface area contributed by atoms with Crippen molar-refractivity contribution < 1.29 is 14.3 Å². The van der Waals surface area contributed by atoms with E-state index >= 15 is 0 Å². The zero-order chi connectivity index (χ0) is 14.6. The lowest BCUT2D eigenvalue weighted by Gasteiger charge is -2.33. The molecular weight excluding hydrogens is 268 g/mol. The van der Waals surface area contributed by atoms with Crippen LogP contribution in [0.2, 0.25) is 0 Å². The highest BCUT2D eigenvalue weighted by molar-refractivity contribution is 6.30. The van der Waals surface area contributed by atoms with E-state index in [1.807, 2.05) is 20.8 Å². The van der Waals surface area contributed by atoms with Crippen LogP contribution in [0.5, 0.6) is 0 Å². The summed E-state index contributed by atoms with van der Waals surface area (Å²) >= 11 is 5.70. The SMILES string of the molecule is CC(Cl)C(=O)NC1CCN(C(=O)OC(C)(C)C)CC1. The van der Waals surface area contributed by atoms with Crippen molar-refractivity contribution in [3.8, 4) is 0 Å². The van der Waals surface area contributed by atoms with Gasteiger partial charge >= 0.3 is 6.09 Å². The molecule has 1 fully saturated rings. The Balaban J connectivity index is 2.37. The van der Waals surface area contributed by atoms with E-state index in [2.05, 4.69) is 5.32 Å². The van der Waals surface area contributed by atoms with Crippen LogP contribution in [0.3, 0.4) is 0 Å². The van der Waals surface area contributed by atoms with E-state index in [4.69, 9.17) is 16.3 Å². The summed E-state index contributed by atoms with van der Waals surface area (Å²) in [4.78, 5) is 25.0. The Labute approximate surface area is 119 Å². The van der Waals surface area contributed by atoms with Crippen molar-refractivity contribution in [2.45, 2.75) is 57.6 Å². The summed E-state index contributed by atoms with van der Waals surface area (Å²) in [5.41, 5.74) is -0.476. The lowest BCUT2D eigenvalue weighted by molar-refractivity contribution is -0.121. The molecular formula is C13H23ClN2O3. The van der Waals surface area contributed by atoms with E-state index in [0.717, 1.165) is 12.8 Å². The van der Waals surface area contributed by atoms with Gasteiger partial charge in [-0.1, -0.05) is 0 Å². The molecule has 2 amide bonds. The Hall–Kier alpha value is -0.970. The van der Waals surface area contributed by atoms with E-state index in [1.54, 1.807) is 11.8 Å². The predicted molar refractivity (Wildman–Crippen MR) is 74.3 cm³/mol. The minimum absolute atomic E-state index is 0.0902. The van der Waals surface area contributed by atoms with Gasteiger partial charge < -0.3 is 15.0 Å². The first kappa shape index (κ1) is 16.1. The quantitative estimate of drug-likeness (QED) is 0.793. The molecule has 1 saturated heterocycles. The highest BCUT2D eigenvalue weighted by Crippen LogP contribution is 2.15. The fourth-order valence-corrected chi connectivity index (χ4v) is 1.91. The van der Waals surface area contributed by atoms with Crippen LogP contribution in [0.15, 0.2) is 0 Å². The normalized spacial score (nSPS) is 18.9. The largest absolute Gasteiger partial charge is 0.444 e. The monoisotopic (exact) mass is 290 g/mol. The number of ether oxygens (including phenoxy) is 1. The molecule has 6 heteroatoms. The minimum atomic E-state index is -0.524. The van der Waals surface area contributed by atoms with Crippen molar-refractivity contribution in [2.24, 2.45) is 0 Å². The number of likely N-dealkylation sites (tertiary alicyclic amines) is 1. The number of rotatable bonds is 2. The summed E-state index contributed by atoms with van der Waals surface area (Å²) in [6.45, 7) is 8.37. The van der Waals surface area contributed by atoms with Crippen LogP contribution in [-0.2, 0) is 9.53 Å². The second kappa shape index (κ2) is 6.46. The van der Waals surface area contributed by atoms with Crippen molar-refractivity contribution in [2.75, 3.05) is 13.1 Å². The maximum atomic E-state index is 11.8. The molecule has 1 heterocycles. The number of amides is 2. The van der Waals surface area contributed by atoms with Crippen LogP contribution in [0.4, 0.5) is 4.79 Å². The third-order valence-corrected chi connectivity index (χ3v) is 3.05. The number of nitrogens with zero attached hydrogens (tertiary/aromatic N) is 1. The Morgan fingerprint density at radius 3 is 2.26 bits per heavy atom. The maximum Gasteiger partial charge on any atom is 0.410 e. The molecule has 0 radical (unpaired) electrons. The van der Waals surface area contributed by atoms with E-state index in [1.165, 1.54) is 0 Å². The molecule has 0 aliphatic carbocycles. The van der Waals surface area contributed by atoms with Gasteiger partial charge in [-0.2, -0.15) is 0 Å². The summed E-state index contributed by atoms with van der Waals surface area (Å²) in [6, 6.07) is 0.0902. The number of carbonyl (C=O) groups excluding carboxylic acids is 2. The second-order valence-electron chi connectivity index (χ2n) is 5.87. The molecule has 0 spiro atoms. The lowest BCUT2D eigenvalue weighted by atomic mass is 10.1. The van der Waals surface area contributed by atoms with Gasteiger partial charge in [0.25, 0.3) is 0 Å². The number of hydrogen-bond donors (Lipinski definition) is 1. The van der Waals surface area contributed by atoms with Gasteiger partial charge in [-0.15, -0.1) is 11.6 Å². The van der Waals surface area contributed by atoms with E-state index < -0.39 is 11.0 Å². The summed E-state index contributed by atoms with van der Waals surface area (Å²) in [5, 5.41) is 2.35. The first-order valence-electron chi connectivity index (χ1n) is 6.61. The summed E-state index contributed by atoms with van der Waals surface area (Å²) < 4.78 is 5.31. The summed E-state index contributed by atoms with van der Waals surface area (Å²) in [6.07, 6.45) is 1.17. The van der Waals surface area contributed by atoms with Crippen LogP contribution in [0.25, 0.3) is 0 Å². The van der Waals surface area contributed by atoms with Crippen LogP contribution in [0, 0.1) is 0 Å². The molecule has 0 aromatic heterocycles. The number of halogens is 1. The van der Waals surface area contributed by atoms with Gasteiger partial charge in [-0.3, -0.25) is 4.79 Å². The molecule has 1 aliphatic rings. The Kier molecular flexibility index (Phi) is 5.47. The van der Waals surface area contributed by atoms with Crippen molar-refractivity contribution in [1.82, 2.24) is 10.2 Å². The van der Waals surface area contributed by atoms with Crippen LogP contribution < -0.4 is 5.32 Å².